The molecule has 5 heteroatoms. The molecule has 0 aliphatic heterocycles. The molecule has 0 bridgehead atoms. The fraction of sp³-hybridized carbons (Fsp3) is 0.533. The van der Waals surface area contributed by atoms with Crippen LogP contribution < -0.4 is 15.4 Å². The zero-order valence-corrected chi connectivity index (χ0v) is 12.8. The number of nitrogens with one attached hydrogen (secondary N) is 2. The number of hydrogen-bond acceptors (Lipinski definition) is 4. The Bertz CT molecular complexity index is 433. The van der Waals surface area contributed by atoms with Crippen LogP contribution in [-0.2, 0) is 11.3 Å². The summed E-state index contributed by atoms with van der Waals surface area (Å²) < 4.78 is 5.29. The van der Waals surface area contributed by atoms with Gasteiger partial charge in [-0.05, 0) is 38.3 Å². The normalized spacial score (nSPS) is 10.7. The predicted octanol–water partition coefficient (Wildman–Crippen LogP) is 1.69. The first kappa shape index (κ1) is 16.5. The minimum Gasteiger partial charge on any atom is -0.495 e. The zero-order chi connectivity index (χ0) is 15.0. The molecule has 20 heavy (non-hydrogen) atoms. The van der Waals surface area contributed by atoms with Crippen molar-refractivity contribution in [2.75, 3.05) is 39.6 Å². The van der Waals surface area contributed by atoms with Gasteiger partial charge in [-0.2, -0.15) is 0 Å². The number of carbonyl (C=O) groups excluding carboxylic acids is 1. The van der Waals surface area contributed by atoms with Crippen molar-refractivity contribution in [2.45, 2.75) is 19.9 Å². The molecule has 1 aromatic carbocycles. The van der Waals surface area contributed by atoms with Gasteiger partial charge in [-0.25, -0.2) is 0 Å². The maximum absolute atomic E-state index is 11.9. The van der Waals surface area contributed by atoms with E-state index >= 15 is 0 Å². The molecule has 0 fully saturated rings. The van der Waals surface area contributed by atoms with Crippen molar-refractivity contribution >= 4 is 11.6 Å². The highest BCUT2D eigenvalue weighted by Gasteiger charge is 2.09. The Hall–Kier alpha value is -1.59. The van der Waals surface area contributed by atoms with E-state index in [0.29, 0.717) is 18.7 Å². The number of benzene rings is 1. The Morgan fingerprint density at radius 2 is 2.10 bits per heavy atom. The van der Waals surface area contributed by atoms with E-state index in [9.17, 15) is 4.79 Å². The Kier molecular flexibility index (Phi) is 7.04. The van der Waals surface area contributed by atoms with Crippen molar-refractivity contribution in [2.24, 2.45) is 0 Å². The molecular formula is C15H25N3O2. The highest BCUT2D eigenvalue weighted by molar-refractivity contribution is 5.92. The summed E-state index contributed by atoms with van der Waals surface area (Å²) in [5, 5.41) is 6.04. The number of amides is 1. The molecule has 0 aromatic heterocycles. The lowest BCUT2D eigenvalue weighted by molar-refractivity contribution is -0.116. The van der Waals surface area contributed by atoms with Crippen LogP contribution in [0.25, 0.3) is 0 Å². The monoisotopic (exact) mass is 279 g/mol. The van der Waals surface area contributed by atoms with Gasteiger partial charge in [0.2, 0.25) is 5.91 Å². The highest BCUT2D eigenvalue weighted by atomic mass is 16.5. The summed E-state index contributed by atoms with van der Waals surface area (Å²) in [6.07, 6.45) is 0.453. The van der Waals surface area contributed by atoms with Gasteiger partial charge in [0.05, 0.1) is 12.8 Å². The quantitative estimate of drug-likeness (QED) is 0.711. The van der Waals surface area contributed by atoms with Crippen LogP contribution in [0.5, 0.6) is 5.75 Å². The zero-order valence-electron chi connectivity index (χ0n) is 12.8. The molecule has 1 aromatic rings. The molecule has 5 nitrogen and oxygen atoms in total. The molecule has 0 aliphatic carbocycles. The molecule has 0 saturated heterocycles. The average molecular weight is 279 g/mol. The standard InChI is InChI=1S/C15H25N3O2/c1-5-16-9-8-15(19)17-13-10-12(11-18(2)3)6-7-14(13)20-4/h6-7,10,16H,5,8-9,11H2,1-4H3,(H,17,19). The molecule has 0 unspecified atom stereocenters. The first-order valence-electron chi connectivity index (χ1n) is 6.89. The lowest BCUT2D eigenvalue weighted by Gasteiger charge is -2.14. The SMILES string of the molecule is CCNCCC(=O)Nc1cc(CN(C)C)ccc1OC. The van der Waals surface area contributed by atoms with E-state index in [0.717, 1.165) is 24.3 Å². The maximum atomic E-state index is 11.9. The van der Waals surface area contributed by atoms with Crippen LogP contribution in [0.4, 0.5) is 5.69 Å². The summed E-state index contributed by atoms with van der Waals surface area (Å²) >= 11 is 0. The molecular weight excluding hydrogens is 254 g/mol. The van der Waals surface area contributed by atoms with E-state index < -0.39 is 0 Å². The predicted molar refractivity (Wildman–Crippen MR) is 82.2 cm³/mol. The number of ether oxygens (including phenoxy) is 1. The van der Waals surface area contributed by atoms with E-state index in [1.54, 1.807) is 7.11 Å². The van der Waals surface area contributed by atoms with Crippen molar-refractivity contribution in [1.29, 1.82) is 0 Å². The van der Waals surface area contributed by atoms with E-state index in [-0.39, 0.29) is 5.91 Å². The Labute approximate surface area is 121 Å². The minimum absolute atomic E-state index is 0.00810. The van der Waals surface area contributed by atoms with Gasteiger partial charge in [0.25, 0.3) is 0 Å². The van der Waals surface area contributed by atoms with Crippen LogP contribution in [0.15, 0.2) is 18.2 Å². The van der Waals surface area contributed by atoms with Crippen LogP contribution in [-0.4, -0.2) is 45.1 Å². The topological polar surface area (TPSA) is 53.6 Å². The van der Waals surface area contributed by atoms with Crippen LogP contribution in [0.1, 0.15) is 18.9 Å². The lowest BCUT2D eigenvalue weighted by atomic mass is 10.1. The number of carbonyl (C=O) groups is 1. The summed E-state index contributed by atoms with van der Waals surface area (Å²) in [5.74, 6) is 0.676. The van der Waals surface area contributed by atoms with Crippen molar-refractivity contribution in [1.82, 2.24) is 10.2 Å². The van der Waals surface area contributed by atoms with Gasteiger partial charge < -0.3 is 20.3 Å². The minimum atomic E-state index is -0.00810. The van der Waals surface area contributed by atoms with E-state index in [4.69, 9.17) is 4.74 Å². The fourth-order valence-corrected chi connectivity index (χ4v) is 1.91. The Morgan fingerprint density at radius 3 is 2.70 bits per heavy atom. The number of rotatable bonds is 8. The molecule has 0 radical (unpaired) electrons. The van der Waals surface area contributed by atoms with Gasteiger partial charge in [-0.15, -0.1) is 0 Å². The number of anilines is 1. The van der Waals surface area contributed by atoms with Gasteiger partial charge in [0, 0.05) is 19.5 Å². The van der Waals surface area contributed by atoms with Crippen molar-refractivity contribution < 1.29 is 9.53 Å². The van der Waals surface area contributed by atoms with E-state index in [1.165, 1.54) is 0 Å². The van der Waals surface area contributed by atoms with Gasteiger partial charge in [0.1, 0.15) is 5.75 Å². The molecule has 0 spiro atoms. The van der Waals surface area contributed by atoms with Crippen molar-refractivity contribution in [3.63, 3.8) is 0 Å². The average Bonchev–Trinajstić information content (AvgIpc) is 2.38. The molecule has 0 saturated carbocycles. The first-order chi connectivity index (χ1) is 9.56. The Balaban J connectivity index is 2.72. The third-order valence-electron chi connectivity index (χ3n) is 2.82. The van der Waals surface area contributed by atoms with Gasteiger partial charge in [0.15, 0.2) is 0 Å². The first-order valence-corrected chi connectivity index (χ1v) is 6.89. The van der Waals surface area contributed by atoms with Crippen molar-refractivity contribution in [3.8, 4) is 5.75 Å². The van der Waals surface area contributed by atoms with E-state index in [2.05, 4.69) is 15.5 Å². The second-order valence-electron chi connectivity index (χ2n) is 4.92. The van der Waals surface area contributed by atoms with E-state index in [1.807, 2.05) is 39.2 Å². The summed E-state index contributed by atoms with van der Waals surface area (Å²) in [5.41, 5.74) is 1.87. The molecule has 0 heterocycles. The van der Waals surface area contributed by atoms with Crippen LogP contribution in [0.3, 0.4) is 0 Å². The van der Waals surface area contributed by atoms with Crippen molar-refractivity contribution in [3.05, 3.63) is 23.8 Å². The number of methoxy groups -OCH3 is 1. The highest BCUT2D eigenvalue weighted by Crippen LogP contribution is 2.26. The summed E-state index contributed by atoms with van der Waals surface area (Å²) in [6.45, 7) is 4.40. The molecule has 2 N–H and O–H groups in total. The molecule has 0 aliphatic rings. The third kappa shape index (κ3) is 5.59. The van der Waals surface area contributed by atoms with Crippen LogP contribution >= 0.6 is 0 Å². The largest absolute Gasteiger partial charge is 0.495 e. The Morgan fingerprint density at radius 1 is 1.35 bits per heavy atom. The fourth-order valence-electron chi connectivity index (χ4n) is 1.91. The van der Waals surface area contributed by atoms with Gasteiger partial charge in [-0.3, -0.25) is 4.79 Å². The third-order valence-corrected chi connectivity index (χ3v) is 2.82. The number of nitrogens with zero attached hydrogens (tertiary/aromatic N) is 1. The second kappa shape index (κ2) is 8.55. The van der Waals surface area contributed by atoms with Crippen LogP contribution in [0.2, 0.25) is 0 Å². The molecule has 1 amide bonds. The lowest BCUT2D eigenvalue weighted by Crippen LogP contribution is -2.21. The summed E-state index contributed by atoms with van der Waals surface area (Å²) in [4.78, 5) is 14.0. The molecule has 1 rings (SSSR count). The van der Waals surface area contributed by atoms with Gasteiger partial charge >= 0.3 is 0 Å². The molecule has 112 valence electrons. The molecule has 0 atom stereocenters. The van der Waals surface area contributed by atoms with Crippen LogP contribution in [0, 0.1) is 0 Å². The smallest absolute Gasteiger partial charge is 0.225 e. The maximum Gasteiger partial charge on any atom is 0.225 e. The number of hydrogen-bond donors (Lipinski definition) is 2. The second-order valence-corrected chi connectivity index (χ2v) is 4.92. The van der Waals surface area contributed by atoms with Gasteiger partial charge in [-0.1, -0.05) is 13.0 Å². The summed E-state index contributed by atoms with van der Waals surface area (Å²) in [7, 11) is 5.63. The summed E-state index contributed by atoms with van der Waals surface area (Å²) in [6, 6.07) is 5.86.